The Labute approximate surface area is 135 Å². The van der Waals surface area contributed by atoms with Crippen LogP contribution in [0.3, 0.4) is 0 Å². The molecule has 2 aromatic rings. The number of carbonyl (C=O) groups is 1. The smallest absolute Gasteiger partial charge is 0.254 e. The van der Waals surface area contributed by atoms with Gasteiger partial charge in [-0.3, -0.25) is 4.79 Å². The maximum absolute atomic E-state index is 14.2. The maximum atomic E-state index is 14.2. The normalized spacial score (nSPS) is 15.1. The fourth-order valence-corrected chi connectivity index (χ4v) is 2.82. The van der Waals surface area contributed by atoms with Gasteiger partial charge in [0.1, 0.15) is 0 Å². The van der Waals surface area contributed by atoms with Gasteiger partial charge in [-0.1, -0.05) is 30.3 Å². The van der Waals surface area contributed by atoms with Gasteiger partial charge < -0.3 is 10.1 Å². The molecule has 1 aliphatic rings. The lowest BCUT2D eigenvalue weighted by molar-refractivity contribution is 0.0926. The lowest BCUT2D eigenvalue weighted by Gasteiger charge is -2.19. The fourth-order valence-electron chi connectivity index (χ4n) is 2.82. The number of nitrogens with one attached hydrogen (secondary N) is 1. The molecule has 0 heterocycles. The topological polar surface area (TPSA) is 38.3 Å². The number of methoxy groups -OCH3 is 1. The fraction of sp³-hybridized carbons (Fsp3) is 0.316. The van der Waals surface area contributed by atoms with Crippen molar-refractivity contribution in [2.24, 2.45) is 0 Å². The van der Waals surface area contributed by atoms with E-state index in [1.807, 2.05) is 12.1 Å². The molecule has 1 fully saturated rings. The molecule has 1 N–H and O–H groups in total. The van der Waals surface area contributed by atoms with Crippen LogP contribution >= 0.6 is 0 Å². The summed E-state index contributed by atoms with van der Waals surface area (Å²) in [5.41, 5.74) is 2.20. The van der Waals surface area contributed by atoms with E-state index < -0.39 is 5.82 Å². The number of halogens is 1. The molecule has 4 heteroatoms. The van der Waals surface area contributed by atoms with Crippen molar-refractivity contribution in [3.05, 3.63) is 65.0 Å². The summed E-state index contributed by atoms with van der Waals surface area (Å²) in [7, 11) is 1.39. The van der Waals surface area contributed by atoms with Crippen LogP contribution < -0.4 is 10.1 Å². The van der Waals surface area contributed by atoms with Crippen LogP contribution in [0.15, 0.2) is 42.5 Å². The predicted molar refractivity (Wildman–Crippen MR) is 87.3 cm³/mol. The number of carbonyl (C=O) groups excluding carboxylic acids is 1. The van der Waals surface area contributed by atoms with Crippen LogP contribution in [0.5, 0.6) is 5.75 Å². The number of aryl methyl sites for hydroxylation is 1. The summed E-state index contributed by atoms with van der Waals surface area (Å²) in [5, 5.41) is 3.02. The maximum Gasteiger partial charge on any atom is 0.254 e. The van der Waals surface area contributed by atoms with Gasteiger partial charge in [-0.15, -0.1) is 0 Å². The zero-order valence-electron chi connectivity index (χ0n) is 13.4. The quantitative estimate of drug-likeness (QED) is 0.915. The predicted octanol–water partition coefficient (Wildman–Crippen LogP) is 3.65. The van der Waals surface area contributed by atoms with Crippen molar-refractivity contribution in [3.63, 3.8) is 0 Å². The van der Waals surface area contributed by atoms with Crippen molar-refractivity contribution in [1.82, 2.24) is 5.32 Å². The highest BCUT2D eigenvalue weighted by Gasteiger charge is 2.44. The molecule has 0 radical (unpaired) electrons. The largest absolute Gasteiger partial charge is 0.494 e. The molecule has 2 aromatic carbocycles. The molecule has 0 saturated heterocycles. The average Bonchev–Trinajstić information content (AvgIpc) is 3.29. The molecule has 0 bridgehead atoms. The van der Waals surface area contributed by atoms with Crippen LogP contribution in [0.4, 0.5) is 4.39 Å². The lowest BCUT2D eigenvalue weighted by atomic mass is 9.99. The summed E-state index contributed by atoms with van der Waals surface area (Å²) in [5.74, 6) is -0.909. The molecule has 120 valence electrons. The van der Waals surface area contributed by atoms with Crippen LogP contribution in [-0.2, 0) is 6.42 Å². The Balaban J connectivity index is 1.77. The van der Waals surface area contributed by atoms with Gasteiger partial charge in [0.2, 0.25) is 0 Å². The van der Waals surface area contributed by atoms with E-state index in [0.717, 1.165) is 19.3 Å². The zero-order chi connectivity index (χ0) is 16.4. The first-order valence-corrected chi connectivity index (χ1v) is 7.74. The summed E-state index contributed by atoms with van der Waals surface area (Å²) in [6, 6.07) is 12.8. The van der Waals surface area contributed by atoms with Crippen LogP contribution in [0.2, 0.25) is 0 Å². The van der Waals surface area contributed by atoms with E-state index in [1.54, 1.807) is 6.07 Å². The van der Waals surface area contributed by atoms with Gasteiger partial charge in [0.05, 0.1) is 12.7 Å². The van der Waals surface area contributed by atoms with Gasteiger partial charge in [0.15, 0.2) is 11.6 Å². The molecule has 3 rings (SSSR count). The van der Waals surface area contributed by atoms with Gasteiger partial charge in [0, 0.05) is 5.54 Å². The highest BCUT2D eigenvalue weighted by atomic mass is 19.1. The van der Waals surface area contributed by atoms with Crippen molar-refractivity contribution in [2.45, 2.75) is 31.7 Å². The Morgan fingerprint density at radius 3 is 2.61 bits per heavy atom. The highest BCUT2D eigenvalue weighted by molar-refractivity contribution is 5.95. The van der Waals surface area contributed by atoms with Crippen LogP contribution in [0.1, 0.15) is 34.3 Å². The molecule has 0 aliphatic heterocycles. The molecular weight excluding hydrogens is 293 g/mol. The summed E-state index contributed by atoms with van der Waals surface area (Å²) in [6.07, 6.45) is 2.61. The number of amides is 1. The molecule has 1 amide bonds. The minimum atomic E-state index is -0.612. The van der Waals surface area contributed by atoms with Gasteiger partial charge in [-0.05, 0) is 49.4 Å². The molecule has 1 saturated carbocycles. The molecule has 3 nitrogen and oxygen atoms in total. The van der Waals surface area contributed by atoms with Gasteiger partial charge in [0.25, 0.3) is 5.91 Å². The summed E-state index contributed by atoms with van der Waals surface area (Å²) < 4.78 is 19.2. The van der Waals surface area contributed by atoms with Crippen molar-refractivity contribution in [3.8, 4) is 5.75 Å². The second-order valence-corrected chi connectivity index (χ2v) is 6.16. The zero-order valence-corrected chi connectivity index (χ0v) is 13.4. The van der Waals surface area contributed by atoms with Crippen molar-refractivity contribution in [2.75, 3.05) is 7.11 Å². The standard InChI is InChI=1S/C19H20FNO2/c1-13-6-3-4-7-14(13)12-19(10-11-19)21-18(22)15-8-5-9-16(23-2)17(15)20/h3-9H,10-12H2,1-2H3,(H,21,22). The molecule has 0 unspecified atom stereocenters. The van der Waals surface area contributed by atoms with E-state index in [9.17, 15) is 9.18 Å². The third-order valence-electron chi connectivity index (χ3n) is 4.45. The highest BCUT2D eigenvalue weighted by Crippen LogP contribution is 2.39. The number of ether oxygens (including phenoxy) is 1. The van der Waals surface area contributed by atoms with E-state index in [2.05, 4.69) is 24.4 Å². The van der Waals surface area contributed by atoms with Crippen LogP contribution in [0, 0.1) is 12.7 Å². The molecule has 0 aromatic heterocycles. The van der Waals surface area contributed by atoms with Crippen LogP contribution in [0.25, 0.3) is 0 Å². The number of hydrogen-bond donors (Lipinski definition) is 1. The first kappa shape index (κ1) is 15.5. The molecular formula is C19H20FNO2. The van der Waals surface area contributed by atoms with Crippen molar-refractivity contribution < 1.29 is 13.9 Å². The summed E-state index contributed by atoms with van der Waals surface area (Å²) in [4.78, 5) is 12.5. The minimum absolute atomic E-state index is 0.0282. The second kappa shape index (κ2) is 6.03. The Bertz CT molecular complexity index is 738. The SMILES string of the molecule is COc1cccc(C(=O)NC2(Cc3ccccc3C)CC2)c1F. The summed E-state index contributed by atoms with van der Waals surface area (Å²) in [6.45, 7) is 2.06. The Hall–Kier alpha value is -2.36. The van der Waals surface area contributed by atoms with Gasteiger partial charge in [-0.25, -0.2) is 4.39 Å². The van der Waals surface area contributed by atoms with E-state index in [4.69, 9.17) is 4.74 Å². The molecule has 0 spiro atoms. The Morgan fingerprint density at radius 2 is 1.96 bits per heavy atom. The first-order chi connectivity index (χ1) is 11.0. The van der Waals surface area contributed by atoms with Gasteiger partial charge in [-0.2, -0.15) is 0 Å². The van der Waals surface area contributed by atoms with E-state index >= 15 is 0 Å². The van der Waals surface area contributed by atoms with E-state index in [0.29, 0.717) is 0 Å². The third-order valence-corrected chi connectivity index (χ3v) is 4.45. The van der Waals surface area contributed by atoms with Gasteiger partial charge >= 0.3 is 0 Å². The molecule has 1 aliphatic carbocycles. The Morgan fingerprint density at radius 1 is 1.22 bits per heavy atom. The number of benzene rings is 2. The first-order valence-electron chi connectivity index (χ1n) is 7.74. The second-order valence-electron chi connectivity index (χ2n) is 6.16. The van der Waals surface area contributed by atoms with E-state index in [1.165, 1.54) is 30.4 Å². The van der Waals surface area contributed by atoms with E-state index in [-0.39, 0.29) is 22.8 Å². The lowest BCUT2D eigenvalue weighted by Crippen LogP contribution is -2.39. The Kier molecular flexibility index (Phi) is 4.07. The minimum Gasteiger partial charge on any atom is -0.494 e. The van der Waals surface area contributed by atoms with Crippen molar-refractivity contribution in [1.29, 1.82) is 0 Å². The molecule has 0 atom stereocenters. The monoisotopic (exact) mass is 313 g/mol. The number of hydrogen-bond acceptors (Lipinski definition) is 2. The average molecular weight is 313 g/mol. The third kappa shape index (κ3) is 3.21. The number of rotatable bonds is 5. The van der Waals surface area contributed by atoms with Crippen molar-refractivity contribution >= 4 is 5.91 Å². The summed E-state index contributed by atoms with van der Waals surface area (Å²) >= 11 is 0. The van der Waals surface area contributed by atoms with Crippen LogP contribution in [-0.4, -0.2) is 18.6 Å². The molecule has 23 heavy (non-hydrogen) atoms.